The number of carbonyl (C=O) groups excluding carboxylic acids is 1. The molecule has 0 radical (unpaired) electrons. The van der Waals surface area contributed by atoms with E-state index in [1.165, 1.54) is 38.6 Å². The first-order chi connectivity index (χ1) is 10.3. The number of rotatable bonds is 2. The van der Waals surface area contributed by atoms with Gasteiger partial charge in [0.2, 0.25) is 0 Å². The molecule has 0 aromatic carbocycles. The number of ether oxygens (including phenoxy) is 1. The van der Waals surface area contributed by atoms with E-state index in [1.54, 1.807) is 0 Å². The van der Waals surface area contributed by atoms with Crippen molar-refractivity contribution in [2.45, 2.75) is 44.2 Å². The maximum atomic E-state index is 12.3. The van der Waals surface area contributed by atoms with E-state index in [9.17, 15) is 4.79 Å². The van der Waals surface area contributed by atoms with Gasteiger partial charge in [-0.05, 0) is 44.1 Å². The normalized spacial score (nSPS) is 39.3. The first-order valence-electron chi connectivity index (χ1n) is 8.68. The molecule has 4 fully saturated rings. The fourth-order valence-corrected chi connectivity index (χ4v) is 4.72. The number of urea groups is 1. The minimum absolute atomic E-state index is 0.122. The second kappa shape index (κ2) is 5.76. The van der Waals surface area contributed by atoms with Gasteiger partial charge in [-0.25, -0.2) is 4.79 Å². The molecule has 0 spiro atoms. The monoisotopic (exact) mass is 293 g/mol. The third kappa shape index (κ3) is 2.78. The Morgan fingerprint density at radius 1 is 1.10 bits per heavy atom. The first kappa shape index (κ1) is 13.8. The summed E-state index contributed by atoms with van der Waals surface area (Å²) in [5, 5.41) is 3.10. The summed E-state index contributed by atoms with van der Waals surface area (Å²) < 4.78 is 5.90. The van der Waals surface area contributed by atoms with Gasteiger partial charge in [-0.1, -0.05) is 6.42 Å². The Labute approximate surface area is 127 Å². The van der Waals surface area contributed by atoms with Gasteiger partial charge in [0.25, 0.3) is 0 Å². The minimum Gasteiger partial charge on any atom is -0.373 e. The van der Waals surface area contributed by atoms with E-state index in [2.05, 4.69) is 10.2 Å². The number of amides is 2. The number of hydrogen-bond acceptors (Lipinski definition) is 3. The Morgan fingerprint density at radius 2 is 1.90 bits per heavy atom. The average Bonchev–Trinajstić information content (AvgIpc) is 3.18. The molecule has 3 aliphatic heterocycles. The number of carbonyl (C=O) groups is 1. The van der Waals surface area contributed by atoms with E-state index in [-0.39, 0.29) is 12.1 Å². The summed E-state index contributed by atoms with van der Waals surface area (Å²) in [5.74, 6) is 1.54. The first-order valence-corrected chi connectivity index (χ1v) is 8.68. The Kier molecular flexibility index (Phi) is 3.79. The molecule has 118 valence electrons. The predicted molar refractivity (Wildman–Crippen MR) is 80.1 cm³/mol. The topological polar surface area (TPSA) is 44.8 Å². The molecular formula is C16H27N3O2. The molecule has 5 heteroatoms. The number of morpholine rings is 1. The van der Waals surface area contributed by atoms with Crippen LogP contribution < -0.4 is 5.32 Å². The van der Waals surface area contributed by atoms with Crippen LogP contribution in [-0.2, 0) is 4.74 Å². The SMILES string of the molecule is O=C(NCC1CN2CCCC2CO1)N1CC2CCCC2C1. The third-order valence-electron chi connectivity index (χ3n) is 5.96. The van der Waals surface area contributed by atoms with E-state index in [4.69, 9.17) is 4.74 Å². The molecular weight excluding hydrogens is 266 g/mol. The number of fused-ring (bicyclic) bond motifs is 2. The zero-order valence-corrected chi connectivity index (χ0v) is 12.8. The molecule has 4 rings (SSSR count). The Bertz CT molecular complexity index is 391. The zero-order chi connectivity index (χ0) is 14.2. The highest BCUT2D eigenvalue weighted by molar-refractivity contribution is 5.74. The molecule has 1 N–H and O–H groups in total. The molecule has 2 amide bonds. The van der Waals surface area contributed by atoms with Crippen LogP contribution in [0.25, 0.3) is 0 Å². The fourth-order valence-electron chi connectivity index (χ4n) is 4.72. The minimum atomic E-state index is 0.122. The summed E-state index contributed by atoms with van der Waals surface area (Å²) in [7, 11) is 0. The van der Waals surface area contributed by atoms with Gasteiger partial charge in [-0.3, -0.25) is 4.90 Å². The molecule has 5 nitrogen and oxygen atoms in total. The van der Waals surface area contributed by atoms with Crippen molar-refractivity contribution in [1.29, 1.82) is 0 Å². The zero-order valence-electron chi connectivity index (χ0n) is 12.8. The molecule has 0 aromatic heterocycles. The second-order valence-electron chi connectivity index (χ2n) is 7.29. The maximum absolute atomic E-state index is 12.3. The largest absolute Gasteiger partial charge is 0.373 e. The fraction of sp³-hybridized carbons (Fsp3) is 0.938. The van der Waals surface area contributed by atoms with Crippen molar-refractivity contribution in [2.24, 2.45) is 11.8 Å². The highest BCUT2D eigenvalue weighted by Crippen LogP contribution is 2.37. The van der Waals surface area contributed by atoms with Crippen LogP contribution in [0.15, 0.2) is 0 Å². The van der Waals surface area contributed by atoms with E-state index in [0.717, 1.165) is 38.1 Å². The lowest BCUT2D eigenvalue weighted by Crippen LogP contribution is -2.51. The molecule has 0 aromatic rings. The van der Waals surface area contributed by atoms with Crippen molar-refractivity contribution in [3.63, 3.8) is 0 Å². The van der Waals surface area contributed by atoms with Crippen LogP contribution in [0.1, 0.15) is 32.1 Å². The molecule has 1 saturated carbocycles. The Balaban J connectivity index is 1.23. The molecule has 1 aliphatic carbocycles. The molecule has 4 atom stereocenters. The average molecular weight is 293 g/mol. The van der Waals surface area contributed by atoms with Gasteiger partial charge >= 0.3 is 6.03 Å². The van der Waals surface area contributed by atoms with Gasteiger partial charge < -0.3 is 15.0 Å². The standard InChI is InChI=1S/C16H27N3O2/c20-16(19-8-12-3-1-4-13(12)9-19)17-7-15-10-18-6-2-5-14(18)11-21-15/h12-15H,1-11H2,(H,17,20). The van der Waals surface area contributed by atoms with Crippen molar-refractivity contribution in [1.82, 2.24) is 15.1 Å². The molecule has 4 unspecified atom stereocenters. The summed E-state index contributed by atoms with van der Waals surface area (Å²) in [6, 6.07) is 0.756. The number of hydrogen-bond donors (Lipinski definition) is 1. The quantitative estimate of drug-likeness (QED) is 0.834. The third-order valence-corrected chi connectivity index (χ3v) is 5.96. The van der Waals surface area contributed by atoms with Gasteiger partial charge in [0.05, 0.1) is 12.7 Å². The van der Waals surface area contributed by atoms with Crippen LogP contribution in [0.3, 0.4) is 0 Å². The van der Waals surface area contributed by atoms with Crippen LogP contribution >= 0.6 is 0 Å². The van der Waals surface area contributed by atoms with Crippen molar-refractivity contribution in [3.05, 3.63) is 0 Å². The van der Waals surface area contributed by atoms with Crippen molar-refractivity contribution in [2.75, 3.05) is 39.3 Å². The lowest BCUT2D eigenvalue weighted by molar-refractivity contribution is -0.0460. The Morgan fingerprint density at radius 3 is 2.71 bits per heavy atom. The lowest BCUT2D eigenvalue weighted by atomic mass is 10.0. The number of nitrogens with one attached hydrogen (secondary N) is 1. The number of likely N-dealkylation sites (tertiary alicyclic amines) is 1. The van der Waals surface area contributed by atoms with Gasteiger partial charge in [0.1, 0.15) is 0 Å². The lowest BCUT2D eigenvalue weighted by Gasteiger charge is -2.35. The van der Waals surface area contributed by atoms with Crippen LogP contribution in [0.5, 0.6) is 0 Å². The summed E-state index contributed by atoms with van der Waals surface area (Å²) >= 11 is 0. The van der Waals surface area contributed by atoms with Crippen LogP contribution in [0.2, 0.25) is 0 Å². The van der Waals surface area contributed by atoms with Gasteiger partial charge in [-0.15, -0.1) is 0 Å². The van der Waals surface area contributed by atoms with Crippen molar-refractivity contribution >= 4 is 6.03 Å². The summed E-state index contributed by atoms with van der Waals surface area (Å²) in [4.78, 5) is 16.8. The van der Waals surface area contributed by atoms with Gasteiger partial charge in [0, 0.05) is 32.2 Å². The summed E-state index contributed by atoms with van der Waals surface area (Å²) in [5.41, 5.74) is 0. The highest BCUT2D eigenvalue weighted by Gasteiger charge is 2.38. The second-order valence-corrected chi connectivity index (χ2v) is 7.29. The smallest absolute Gasteiger partial charge is 0.317 e. The van der Waals surface area contributed by atoms with Gasteiger partial charge in [-0.2, -0.15) is 0 Å². The van der Waals surface area contributed by atoms with E-state index >= 15 is 0 Å². The summed E-state index contributed by atoms with van der Waals surface area (Å²) in [6.45, 7) is 5.62. The van der Waals surface area contributed by atoms with Crippen LogP contribution in [-0.4, -0.2) is 67.3 Å². The highest BCUT2D eigenvalue weighted by atomic mass is 16.5. The Hall–Kier alpha value is -0.810. The molecule has 0 bridgehead atoms. The molecule has 21 heavy (non-hydrogen) atoms. The van der Waals surface area contributed by atoms with E-state index in [0.29, 0.717) is 12.6 Å². The maximum Gasteiger partial charge on any atom is 0.317 e. The van der Waals surface area contributed by atoms with Gasteiger partial charge in [0.15, 0.2) is 0 Å². The summed E-state index contributed by atoms with van der Waals surface area (Å²) in [6.07, 6.45) is 6.73. The van der Waals surface area contributed by atoms with Crippen LogP contribution in [0, 0.1) is 11.8 Å². The van der Waals surface area contributed by atoms with Crippen LogP contribution in [0.4, 0.5) is 4.79 Å². The molecule has 4 aliphatic rings. The predicted octanol–water partition coefficient (Wildman–Crippen LogP) is 1.29. The number of nitrogens with zero attached hydrogens (tertiary/aromatic N) is 2. The van der Waals surface area contributed by atoms with E-state index in [1.807, 2.05) is 4.90 Å². The molecule has 3 saturated heterocycles. The van der Waals surface area contributed by atoms with Crippen molar-refractivity contribution < 1.29 is 9.53 Å². The molecule has 3 heterocycles. The van der Waals surface area contributed by atoms with E-state index < -0.39 is 0 Å². The van der Waals surface area contributed by atoms with Crippen molar-refractivity contribution in [3.8, 4) is 0 Å².